The molecule has 0 aliphatic carbocycles. The molecule has 2 aromatic carbocycles. The summed E-state index contributed by atoms with van der Waals surface area (Å²) in [5.74, 6) is 0. The monoisotopic (exact) mass is 395 g/mol. The molecule has 0 heterocycles. The predicted molar refractivity (Wildman–Crippen MR) is 97.2 cm³/mol. The van der Waals surface area contributed by atoms with Crippen LogP contribution in [0, 0.1) is 3.57 Å². The first-order valence-corrected chi connectivity index (χ1v) is 7.56. The first-order valence-electron chi connectivity index (χ1n) is 6.07. The molecule has 0 saturated carbocycles. The van der Waals surface area contributed by atoms with Crippen molar-refractivity contribution in [3.8, 4) is 0 Å². The van der Waals surface area contributed by atoms with Crippen LogP contribution in [0.2, 0.25) is 0 Å². The summed E-state index contributed by atoms with van der Waals surface area (Å²) in [5.41, 5.74) is 5.76. The molecule has 2 N–H and O–H groups in total. The summed E-state index contributed by atoms with van der Waals surface area (Å²) < 4.78 is 1.18. The van der Waals surface area contributed by atoms with Gasteiger partial charge in [0.05, 0.1) is 5.71 Å². The maximum atomic E-state index is 5.20. The highest BCUT2D eigenvalue weighted by atomic mass is 127. The van der Waals surface area contributed by atoms with Crippen molar-refractivity contribution >= 4 is 51.3 Å². The number of hydrogen-bond donors (Lipinski definition) is 2. The molecule has 0 unspecified atom stereocenters. The minimum absolute atomic E-state index is 0.473. The Hall–Kier alpha value is -1.47. The second-order valence-electron chi connectivity index (χ2n) is 4.14. The van der Waals surface area contributed by atoms with Crippen molar-refractivity contribution in [3.63, 3.8) is 0 Å². The van der Waals surface area contributed by atoms with E-state index in [0.717, 1.165) is 17.0 Å². The Bertz CT molecular complexity index is 626. The largest absolute Gasteiger partial charge is 0.331 e. The highest BCUT2D eigenvalue weighted by Crippen LogP contribution is 2.08. The maximum Gasteiger partial charge on any atom is 0.191 e. The summed E-state index contributed by atoms with van der Waals surface area (Å²) in [6.07, 6.45) is 0. The van der Waals surface area contributed by atoms with Gasteiger partial charge in [-0.15, -0.1) is 0 Å². The van der Waals surface area contributed by atoms with E-state index in [4.69, 9.17) is 12.2 Å². The molecule has 20 heavy (non-hydrogen) atoms. The van der Waals surface area contributed by atoms with E-state index in [1.54, 1.807) is 0 Å². The molecule has 102 valence electrons. The molecule has 0 fully saturated rings. The maximum absolute atomic E-state index is 5.20. The third-order valence-corrected chi connectivity index (χ3v) is 3.46. The number of benzene rings is 2. The number of nitrogens with zero attached hydrogens (tertiary/aromatic N) is 1. The molecular weight excluding hydrogens is 381 g/mol. The lowest BCUT2D eigenvalue weighted by Crippen LogP contribution is -2.24. The van der Waals surface area contributed by atoms with Gasteiger partial charge in [-0.25, -0.2) is 0 Å². The number of anilines is 1. The average Bonchev–Trinajstić information content (AvgIpc) is 2.46. The van der Waals surface area contributed by atoms with Gasteiger partial charge in [-0.1, -0.05) is 30.3 Å². The third kappa shape index (κ3) is 4.57. The Balaban J connectivity index is 1.97. The molecule has 0 saturated heterocycles. The number of rotatable bonds is 3. The van der Waals surface area contributed by atoms with Crippen molar-refractivity contribution in [1.29, 1.82) is 0 Å². The zero-order chi connectivity index (χ0) is 14.4. The Kier molecular flexibility index (Phi) is 5.49. The van der Waals surface area contributed by atoms with Crippen molar-refractivity contribution in [1.82, 2.24) is 5.43 Å². The van der Waals surface area contributed by atoms with E-state index < -0.39 is 0 Å². The number of nitrogens with one attached hydrogen (secondary N) is 2. The van der Waals surface area contributed by atoms with Crippen molar-refractivity contribution in [3.05, 3.63) is 63.7 Å². The fraction of sp³-hybridized carbons (Fsp3) is 0.0667. The Morgan fingerprint density at radius 3 is 2.55 bits per heavy atom. The number of hydrogen-bond acceptors (Lipinski definition) is 2. The van der Waals surface area contributed by atoms with Crippen LogP contribution in [-0.2, 0) is 0 Å². The van der Waals surface area contributed by atoms with Gasteiger partial charge in [0.1, 0.15) is 0 Å². The lowest BCUT2D eigenvalue weighted by molar-refractivity contribution is 1.04. The highest BCUT2D eigenvalue weighted by molar-refractivity contribution is 14.1. The normalized spacial score (nSPS) is 11.0. The Labute approximate surface area is 137 Å². The van der Waals surface area contributed by atoms with Crippen molar-refractivity contribution in [2.24, 2.45) is 5.10 Å². The first-order chi connectivity index (χ1) is 9.65. The van der Waals surface area contributed by atoms with E-state index in [-0.39, 0.29) is 0 Å². The van der Waals surface area contributed by atoms with E-state index in [1.165, 1.54) is 3.57 Å². The van der Waals surface area contributed by atoms with Crippen LogP contribution in [0.4, 0.5) is 5.69 Å². The van der Waals surface area contributed by atoms with E-state index >= 15 is 0 Å². The quantitative estimate of drug-likeness (QED) is 0.357. The molecule has 0 amide bonds. The standard InChI is InChI=1S/C15H14IN3S/c1-11(12-6-5-7-13(16)10-12)18-19-15(20)17-14-8-3-2-4-9-14/h2-10H,1H3,(H2,17,19,20)/b18-11-. The minimum atomic E-state index is 0.473. The van der Waals surface area contributed by atoms with Gasteiger partial charge in [0, 0.05) is 9.26 Å². The van der Waals surface area contributed by atoms with Crippen LogP contribution in [-0.4, -0.2) is 10.8 Å². The second-order valence-corrected chi connectivity index (χ2v) is 5.79. The van der Waals surface area contributed by atoms with Crippen LogP contribution in [0.25, 0.3) is 0 Å². The second kappa shape index (κ2) is 7.35. The smallest absolute Gasteiger partial charge is 0.191 e. The van der Waals surface area contributed by atoms with Gasteiger partial charge in [0.15, 0.2) is 5.11 Å². The highest BCUT2D eigenvalue weighted by Gasteiger charge is 1.99. The van der Waals surface area contributed by atoms with Gasteiger partial charge >= 0.3 is 0 Å². The molecule has 0 spiro atoms. The van der Waals surface area contributed by atoms with Gasteiger partial charge < -0.3 is 5.32 Å². The summed E-state index contributed by atoms with van der Waals surface area (Å²) in [6.45, 7) is 1.95. The van der Waals surface area contributed by atoms with Gasteiger partial charge in [-0.05, 0) is 71.6 Å². The summed E-state index contributed by atoms with van der Waals surface area (Å²) >= 11 is 7.48. The number of thiocarbonyl (C=S) groups is 1. The molecular formula is C15H14IN3S. The SMILES string of the molecule is C/C(=N/NC(=S)Nc1ccccc1)c1cccc(I)c1. The van der Waals surface area contributed by atoms with Crippen molar-refractivity contribution in [2.45, 2.75) is 6.92 Å². The molecule has 2 aromatic rings. The zero-order valence-corrected chi connectivity index (χ0v) is 13.9. The fourth-order valence-electron chi connectivity index (χ4n) is 1.59. The van der Waals surface area contributed by atoms with E-state index in [0.29, 0.717) is 5.11 Å². The van der Waals surface area contributed by atoms with Crippen LogP contribution in [0.3, 0.4) is 0 Å². The lowest BCUT2D eigenvalue weighted by atomic mass is 10.1. The summed E-state index contributed by atoms with van der Waals surface area (Å²) in [7, 11) is 0. The first kappa shape index (κ1) is 14.9. The number of halogens is 1. The minimum Gasteiger partial charge on any atom is -0.331 e. The predicted octanol–water partition coefficient (Wildman–Crippen LogP) is 4.00. The summed E-state index contributed by atoms with van der Waals surface area (Å²) in [6, 6.07) is 17.9. The molecule has 0 aliphatic heterocycles. The fourth-order valence-corrected chi connectivity index (χ4v) is 2.30. The molecule has 0 aromatic heterocycles. The zero-order valence-electron chi connectivity index (χ0n) is 10.9. The molecule has 0 aliphatic rings. The lowest BCUT2D eigenvalue weighted by Gasteiger charge is -2.08. The van der Waals surface area contributed by atoms with Crippen molar-refractivity contribution < 1.29 is 0 Å². The van der Waals surface area contributed by atoms with Crippen LogP contribution >= 0.6 is 34.8 Å². The molecule has 0 radical (unpaired) electrons. The van der Waals surface area contributed by atoms with E-state index in [2.05, 4.69) is 44.5 Å². The van der Waals surface area contributed by atoms with E-state index in [9.17, 15) is 0 Å². The van der Waals surface area contributed by atoms with E-state index in [1.807, 2.05) is 55.5 Å². The third-order valence-electron chi connectivity index (χ3n) is 2.60. The molecule has 5 heteroatoms. The average molecular weight is 395 g/mol. The molecule has 0 atom stereocenters. The topological polar surface area (TPSA) is 36.4 Å². The Morgan fingerprint density at radius 2 is 1.85 bits per heavy atom. The van der Waals surface area contributed by atoms with Gasteiger partial charge in [-0.3, -0.25) is 5.43 Å². The van der Waals surface area contributed by atoms with Gasteiger partial charge in [-0.2, -0.15) is 5.10 Å². The Morgan fingerprint density at radius 1 is 1.10 bits per heavy atom. The van der Waals surface area contributed by atoms with Gasteiger partial charge in [0.25, 0.3) is 0 Å². The van der Waals surface area contributed by atoms with Crippen molar-refractivity contribution in [2.75, 3.05) is 5.32 Å². The summed E-state index contributed by atoms with van der Waals surface area (Å²) in [4.78, 5) is 0. The van der Waals surface area contributed by atoms with Crippen LogP contribution in [0.5, 0.6) is 0 Å². The molecule has 0 bridgehead atoms. The van der Waals surface area contributed by atoms with Gasteiger partial charge in [0.2, 0.25) is 0 Å². The van der Waals surface area contributed by atoms with Crippen LogP contribution in [0.1, 0.15) is 12.5 Å². The van der Waals surface area contributed by atoms with Crippen LogP contribution in [0.15, 0.2) is 59.7 Å². The molecule has 3 nitrogen and oxygen atoms in total. The van der Waals surface area contributed by atoms with Crippen LogP contribution < -0.4 is 10.7 Å². The summed E-state index contributed by atoms with van der Waals surface area (Å²) in [5, 5.41) is 7.84. The number of para-hydroxylation sites is 1. The number of hydrazone groups is 1. The molecule has 2 rings (SSSR count).